The van der Waals surface area contributed by atoms with Gasteiger partial charge < -0.3 is 14.9 Å². The third-order valence-electron chi connectivity index (χ3n) is 2.88. The minimum absolute atomic E-state index is 0.0469. The number of rotatable bonds is 2. The summed E-state index contributed by atoms with van der Waals surface area (Å²) in [6.45, 7) is 0.950. The van der Waals surface area contributed by atoms with Gasteiger partial charge in [-0.3, -0.25) is 0 Å². The number of hydrogen-bond donors (Lipinski definition) is 2. The predicted molar refractivity (Wildman–Crippen MR) is 34.5 cm³/mol. The first-order chi connectivity index (χ1) is 4.83. The standard InChI is InChI=1S/C7H12O3/c8-2-6-7(4-9)1-5(7)3-10-6/h5-6,8-9H,1-4H2. The van der Waals surface area contributed by atoms with Gasteiger partial charge in [-0.25, -0.2) is 0 Å². The molecule has 3 nitrogen and oxygen atoms in total. The predicted octanol–water partition coefficient (Wildman–Crippen LogP) is -0.624. The van der Waals surface area contributed by atoms with Gasteiger partial charge in [0.1, 0.15) is 0 Å². The maximum absolute atomic E-state index is 8.98. The lowest BCUT2D eigenvalue weighted by Gasteiger charge is -2.17. The summed E-state index contributed by atoms with van der Waals surface area (Å²) in [4.78, 5) is 0. The smallest absolute Gasteiger partial charge is 0.0887 e. The van der Waals surface area contributed by atoms with E-state index in [0.29, 0.717) is 5.92 Å². The van der Waals surface area contributed by atoms with E-state index in [-0.39, 0.29) is 24.7 Å². The van der Waals surface area contributed by atoms with Crippen LogP contribution in [0.4, 0.5) is 0 Å². The highest BCUT2D eigenvalue weighted by molar-refractivity contribution is 5.10. The number of ether oxygens (including phenoxy) is 1. The molecule has 1 aliphatic carbocycles. The molecule has 10 heavy (non-hydrogen) atoms. The van der Waals surface area contributed by atoms with Gasteiger partial charge in [-0.1, -0.05) is 0 Å². The summed E-state index contributed by atoms with van der Waals surface area (Å²) in [5, 5.41) is 17.8. The highest BCUT2D eigenvalue weighted by atomic mass is 16.5. The summed E-state index contributed by atoms with van der Waals surface area (Å²) in [7, 11) is 0. The fourth-order valence-electron chi connectivity index (χ4n) is 1.95. The Morgan fingerprint density at radius 1 is 1.50 bits per heavy atom. The van der Waals surface area contributed by atoms with Crippen LogP contribution in [0.5, 0.6) is 0 Å². The van der Waals surface area contributed by atoms with Gasteiger partial charge >= 0.3 is 0 Å². The number of aliphatic hydroxyl groups is 2. The average molecular weight is 144 g/mol. The first-order valence-corrected chi connectivity index (χ1v) is 3.67. The molecule has 2 N–H and O–H groups in total. The van der Waals surface area contributed by atoms with Gasteiger partial charge in [-0.05, 0) is 12.3 Å². The lowest BCUT2D eigenvalue weighted by molar-refractivity contribution is -0.00495. The molecule has 3 unspecified atom stereocenters. The van der Waals surface area contributed by atoms with Crippen LogP contribution >= 0.6 is 0 Å². The molecule has 1 heterocycles. The summed E-state index contributed by atoms with van der Waals surface area (Å²) in [5.74, 6) is 0.523. The van der Waals surface area contributed by atoms with E-state index in [2.05, 4.69) is 0 Å². The summed E-state index contributed by atoms with van der Waals surface area (Å²) >= 11 is 0. The SMILES string of the molecule is OCC1OCC2CC21CO. The zero-order valence-corrected chi connectivity index (χ0v) is 5.79. The zero-order chi connectivity index (χ0) is 7.19. The summed E-state index contributed by atoms with van der Waals surface area (Å²) in [5.41, 5.74) is -0.0469. The molecule has 0 aromatic rings. The molecule has 0 aromatic carbocycles. The van der Waals surface area contributed by atoms with Crippen molar-refractivity contribution < 1.29 is 14.9 Å². The van der Waals surface area contributed by atoms with Gasteiger partial charge in [0.15, 0.2) is 0 Å². The Balaban J connectivity index is 2.09. The molecule has 0 bridgehead atoms. The molecule has 2 rings (SSSR count). The van der Waals surface area contributed by atoms with Crippen molar-refractivity contribution in [1.29, 1.82) is 0 Å². The van der Waals surface area contributed by atoms with Gasteiger partial charge in [0.05, 0.1) is 25.9 Å². The van der Waals surface area contributed by atoms with E-state index in [4.69, 9.17) is 14.9 Å². The molecular formula is C7H12O3. The maximum Gasteiger partial charge on any atom is 0.0887 e. The molecule has 0 amide bonds. The Labute approximate surface area is 59.6 Å². The quantitative estimate of drug-likeness (QED) is 0.543. The van der Waals surface area contributed by atoms with Crippen LogP contribution in [0.25, 0.3) is 0 Å². The molecule has 0 radical (unpaired) electrons. The summed E-state index contributed by atoms with van der Waals surface area (Å²) < 4.78 is 5.25. The van der Waals surface area contributed by atoms with Crippen LogP contribution < -0.4 is 0 Å². The van der Waals surface area contributed by atoms with Crippen molar-refractivity contribution in [2.24, 2.45) is 11.3 Å². The average Bonchev–Trinajstić information content (AvgIpc) is 2.60. The second kappa shape index (κ2) is 1.94. The first kappa shape index (κ1) is 6.58. The van der Waals surface area contributed by atoms with Crippen LogP contribution in [-0.2, 0) is 4.74 Å². The third-order valence-corrected chi connectivity index (χ3v) is 2.88. The van der Waals surface area contributed by atoms with Gasteiger partial charge in [-0.2, -0.15) is 0 Å². The topological polar surface area (TPSA) is 49.7 Å². The zero-order valence-electron chi connectivity index (χ0n) is 5.79. The second-order valence-electron chi connectivity index (χ2n) is 3.30. The van der Waals surface area contributed by atoms with Crippen molar-refractivity contribution in [3.05, 3.63) is 0 Å². The van der Waals surface area contributed by atoms with E-state index in [9.17, 15) is 0 Å². The molecule has 2 aliphatic rings. The van der Waals surface area contributed by atoms with Gasteiger partial charge in [0, 0.05) is 5.41 Å². The molecular weight excluding hydrogens is 132 g/mol. The van der Waals surface area contributed by atoms with Crippen LogP contribution in [0.15, 0.2) is 0 Å². The van der Waals surface area contributed by atoms with E-state index >= 15 is 0 Å². The molecule has 1 aliphatic heterocycles. The Morgan fingerprint density at radius 2 is 2.30 bits per heavy atom. The van der Waals surface area contributed by atoms with Crippen molar-refractivity contribution in [2.75, 3.05) is 19.8 Å². The Morgan fingerprint density at radius 3 is 2.70 bits per heavy atom. The van der Waals surface area contributed by atoms with Crippen molar-refractivity contribution in [3.8, 4) is 0 Å². The van der Waals surface area contributed by atoms with Crippen molar-refractivity contribution in [3.63, 3.8) is 0 Å². The molecule has 1 saturated heterocycles. The summed E-state index contributed by atoms with van der Waals surface area (Å²) in [6, 6.07) is 0. The fraction of sp³-hybridized carbons (Fsp3) is 1.00. The highest BCUT2D eigenvalue weighted by Gasteiger charge is 2.63. The van der Waals surface area contributed by atoms with Gasteiger partial charge in [-0.15, -0.1) is 0 Å². The second-order valence-corrected chi connectivity index (χ2v) is 3.30. The minimum atomic E-state index is -0.0949. The Hall–Kier alpha value is -0.120. The van der Waals surface area contributed by atoms with Crippen LogP contribution in [0.3, 0.4) is 0 Å². The van der Waals surface area contributed by atoms with Crippen LogP contribution in [0.2, 0.25) is 0 Å². The lowest BCUT2D eigenvalue weighted by Crippen LogP contribution is -2.28. The normalized spacial score (nSPS) is 51.0. The van der Waals surface area contributed by atoms with Crippen LogP contribution in [-0.4, -0.2) is 36.1 Å². The Bertz CT molecular complexity index is 144. The van der Waals surface area contributed by atoms with E-state index in [1.807, 2.05) is 0 Å². The van der Waals surface area contributed by atoms with Gasteiger partial charge in [0.25, 0.3) is 0 Å². The third kappa shape index (κ3) is 0.603. The molecule has 2 fully saturated rings. The number of fused-ring (bicyclic) bond motifs is 1. The fourth-order valence-corrected chi connectivity index (χ4v) is 1.95. The monoisotopic (exact) mass is 144 g/mol. The van der Waals surface area contributed by atoms with Crippen molar-refractivity contribution in [1.82, 2.24) is 0 Å². The van der Waals surface area contributed by atoms with E-state index < -0.39 is 0 Å². The van der Waals surface area contributed by atoms with E-state index in [1.165, 1.54) is 0 Å². The molecule has 58 valence electrons. The molecule has 0 spiro atoms. The van der Waals surface area contributed by atoms with E-state index in [0.717, 1.165) is 13.0 Å². The lowest BCUT2D eigenvalue weighted by atomic mass is 10.0. The largest absolute Gasteiger partial charge is 0.396 e. The maximum atomic E-state index is 8.98. The Kier molecular flexibility index (Phi) is 1.27. The van der Waals surface area contributed by atoms with Crippen LogP contribution in [0.1, 0.15) is 6.42 Å². The molecule has 3 heteroatoms. The van der Waals surface area contributed by atoms with E-state index in [1.54, 1.807) is 0 Å². The van der Waals surface area contributed by atoms with Crippen molar-refractivity contribution >= 4 is 0 Å². The molecule has 1 saturated carbocycles. The van der Waals surface area contributed by atoms with Gasteiger partial charge in [0.2, 0.25) is 0 Å². The summed E-state index contributed by atoms with van der Waals surface area (Å²) in [6.07, 6.45) is 0.942. The highest BCUT2D eigenvalue weighted by Crippen LogP contribution is 2.59. The van der Waals surface area contributed by atoms with Crippen LogP contribution in [0, 0.1) is 11.3 Å². The molecule has 0 aromatic heterocycles. The number of hydrogen-bond acceptors (Lipinski definition) is 3. The minimum Gasteiger partial charge on any atom is -0.396 e. The molecule has 3 atom stereocenters. The van der Waals surface area contributed by atoms with Crippen molar-refractivity contribution in [2.45, 2.75) is 12.5 Å². The first-order valence-electron chi connectivity index (χ1n) is 3.67. The number of aliphatic hydroxyl groups excluding tert-OH is 2.